The molecule has 0 heterocycles. The normalized spacial score (nSPS) is 8.11. The van der Waals surface area contributed by atoms with Crippen molar-refractivity contribution in [3.63, 3.8) is 0 Å². The summed E-state index contributed by atoms with van der Waals surface area (Å²) in [6, 6.07) is 0. The zero-order chi connectivity index (χ0) is 7.44. The lowest BCUT2D eigenvalue weighted by atomic mass is 11.0. The van der Waals surface area contributed by atoms with Crippen LogP contribution in [-0.2, 0) is 20.6 Å². The molecule has 0 spiro atoms. The van der Waals surface area contributed by atoms with E-state index in [4.69, 9.17) is 11.6 Å². The van der Waals surface area contributed by atoms with E-state index >= 15 is 0 Å². The van der Waals surface area contributed by atoms with Crippen molar-refractivity contribution in [2.45, 2.75) is 0 Å². The van der Waals surface area contributed by atoms with Crippen molar-refractivity contribution in [3.8, 4) is 0 Å². The minimum absolute atomic E-state index is 0.394. The Morgan fingerprint density at radius 3 is 1.78 bits per heavy atom. The van der Waals surface area contributed by atoms with E-state index in [9.17, 15) is 16.8 Å². The second-order valence-electron chi connectivity index (χ2n) is 0.917. The molecule has 0 atom stereocenters. The first-order valence-corrected chi connectivity index (χ1v) is 4.18. The molecule has 4 nitrogen and oxygen atoms in total. The van der Waals surface area contributed by atoms with E-state index in [0.29, 0.717) is 5.37 Å². The van der Waals surface area contributed by atoms with E-state index in [1.165, 1.54) is 0 Å². The lowest BCUT2D eigenvalue weighted by molar-refractivity contribution is 0.625. The third kappa shape index (κ3) is 4.19. The SMILES string of the molecule is O=S(=O)=CC(Cl)=S(=O)=O. The molecular weight excluding hydrogens is 188 g/mol. The summed E-state index contributed by atoms with van der Waals surface area (Å²) in [6.07, 6.45) is 0. The lowest BCUT2D eigenvalue weighted by Crippen LogP contribution is -1.89. The van der Waals surface area contributed by atoms with Gasteiger partial charge in [0.2, 0.25) is 20.6 Å². The predicted octanol–water partition coefficient (Wildman–Crippen LogP) is -1.08. The summed E-state index contributed by atoms with van der Waals surface area (Å²) in [5, 5.41) is 0.394. The van der Waals surface area contributed by atoms with Crippen LogP contribution in [-0.4, -0.2) is 26.5 Å². The van der Waals surface area contributed by atoms with Crippen LogP contribution in [0.2, 0.25) is 0 Å². The molecule has 0 unspecified atom stereocenters. The van der Waals surface area contributed by atoms with Crippen LogP contribution in [0.15, 0.2) is 0 Å². The highest BCUT2D eigenvalue weighted by Gasteiger charge is 1.87. The van der Waals surface area contributed by atoms with Crippen LogP contribution in [0.5, 0.6) is 0 Å². The van der Waals surface area contributed by atoms with E-state index in [1.54, 1.807) is 0 Å². The summed E-state index contributed by atoms with van der Waals surface area (Å²) < 4.78 is 38.2. The number of halogens is 1. The van der Waals surface area contributed by atoms with Crippen LogP contribution in [0.1, 0.15) is 0 Å². The predicted molar refractivity (Wildman–Crippen MR) is 34.8 cm³/mol. The molecule has 0 N–H and O–H groups in total. The molecule has 0 aliphatic carbocycles. The Kier molecular flexibility index (Phi) is 3.52. The first-order valence-electron chi connectivity index (χ1n) is 1.58. The van der Waals surface area contributed by atoms with Crippen LogP contribution in [0, 0.1) is 0 Å². The van der Waals surface area contributed by atoms with Crippen molar-refractivity contribution in [3.05, 3.63) is 0 Å². The maximum Gasteiger partial charge on any atom is 0.234 e. The standard InChI is InChI=1S/C2HClO4S2/c3-2(9(6)7)1-8(4)5/h1H. The van der Waals surface area contributed by atoms with Crippen molar-refractivity contribution >= 4 is 41.9 Å². The Balaban J connectivity index is 5.15. The van der Waals surface area contributed by atoms with Crippen LogP contribution < -0.4 is 0 Å². The molecule has 0 fully saturated rings. The second kappa shape index (κ2) is 3.65. The average molecular weight is 189 g/mol. The van der Waals surface area contributed by atoms with Crippen LogP contribution >= 0.6 is 11.6 Å². The van der Waals surface area contributed by atoms with Gasteiger partial charge in [0.05, 0.1) is 5.37 Å². The van der Waals surface area contributed by atoms with Crippen LogP contribution in [0.25, 0.3) is 0 Å². The summed E-state index contributed by atoms with van der Waals surface area (Å²) in [5.74, 6) is 0. The van der Waals surface area contributed by atoms with Gasteiger partial charge in [0.15, 0.2) is 4.32 Å². The van der Waals surface area contributed by atoms with Gasteiger partial charge in [-0.1, -0.05) is 11.6 Å². The lowest BCUT2D eigenvalue weighted by Gasteiger charge is -1.64. The van der Waals surface area contributed by atoms with E-state index in [1.807, 2.05) is 0 Å². The number of hydrogen-bond donors (Lipinski definition) is 0. The van der Waals surface area contributed by atoms with Gasteiger partial charge in [0, 0.05) is 0 Å². The molecule has 52 valence electrons. The quantitative estimate of drug-likeness (QED) is 0.388. The van der Waals surface area contributed by atoms with Gasteiger partial charge in [-0.3, -0.25) is 0 Å². The third-order valence-electron chi connectivity index (χ3n) is 0.348. The Labute approximate surface area is 59.1 Å². The van der Waals surface area contributed by atoms with Gasteiger partial charge in [0.25, 0.3) is 0 Å². The fourth-order valence-electron chi connectivity index (χ4n) is 0.115. The van der Waals surface area contributed by atoms with Crippen LogP contribution in [0.4, 0.5) is 0 Å². The fraction of sp³-hybridized carbons (Fsp3) is 0. The van der Waals surface area contributed by atoms with Crippen molar-refractivity contribution in [1.82, 2.24) is 0 Å². The van der Waals surface area contributed by atoms with Gasteiger partial charge in [-0.05, 0) is 0 Å². The van der Waals surface area contributed by atoms with E-state index in [0.717, 1.165) is 0 Å². The molecule has 0 aromatic rings. The molecule has 0 saturated heterocycles. The summed E-state index contributed by atoms with van der Waals surface area (Å²) in [4.78, 5) is 0. The fourth-order valence-corrected chi connectivity index (χ4v) is 1.03. The van der Waals surface area contributed by atoms with Gasteiger partial charge in [-0.2, -0.15) is 16.8 Å². The Morgan fingerprint density at radius 1 is 1.22 bits per heavy atom. The van der Waals surface area contributed by atoms with Gasteiger partial charge in [-0.25, -0.2) is 0 Å². The van der Waals surface area contributed by atoms with Crippen LogP contribution in [0.3, 0.4) is 0 Å². The van der Waals surface area contributed by atoms with E-state index in [-0.39, 0.29) is 0 Å². The second-order valence-corrected chi connectivity index (χ2v) is 3.21. The molecule has 0 aromatic heterocycles. The van der Waals surface area contributed by atoms with Gasteiger partial charge in [-0.15, -0.1) is 0 Å². The molecule has 0 radical (unpaired) electrons. The van der Waals surface area contributed by atoms with Gasteiger partial charge >= 0.3 is 0 Å². The molecule has 0 bridgehead atoms. The molecule has 0 amide bonds. The molecule has 0 aromatic carbocycles. The van der Waals surface area contributed by atoms with Gasteiger partial charge in [0.1, 0.15) is 0 Å². The molecule has 0 rings (SSSR count). The highest BCUT2D eigenvalue weighted by molar-refractivity contribution is 7.83. The molecule has 0 saturated carbocycles. The minimum atomic E-state index is -2.65. The zero-order valence-corrected chi connectivity index (χ0v) is 6.29. The summed E-state index contributed by atoms with van der Waals surface area (Å²) >= 11 is 4.87. The Morgan fingerprint density at radius 2 is 1.67 bits per heavy atom. The van der Waals surface area contributed by atoms with E-state index in [2.05, 4.69) is 0 Å². The molecular formula is C2HClO4S2. The zero-order valence-electron chi connectivity index (χ0n) is 3.90. The number of hydrogen-bond acceptors (Lipinski definition) is 4. The van der Waals surface area contributed by atoms with Crippen molar-refractivity contribution in [2.24, 2.45) is 0 Å². The Bertz CT molecular complexity index is 328. The maximum absolute atomic E-state index is 9.76. The third-order valence-corrected chi connectivity index (χ3v) is 1.98. The smallest absolute Gasteiger partial charge is 0.184 e. The summed E-state index contributed by atoms with van der Waals surface area (Å²) in [6.45, 7) is 0. The molecule has 7 heteroatoms. The number of rotatable bonds is 1. The van der Waals surface area contributed by atoms with Crippen molar-refractivity contribution in [2.75, 3.05) is 0 Å². The molecule has 0 aliphatic heterocycles. The molecule has 9 heavy (non-hydrogen) atoms. The summed E-state index contributed by atoms with van der Waals surface area (Å²) in [5.41, 5.74) is 0. The highest BCUT2D eigenvalue weighted by Crippen LogP contribution is 1.72. The highest BCUT2D eigenvalue weighted by atomic mass is 35.5. The monoisotopic (exact) mass is 188 g/mol. The molecule has 0 aliphatic rings. The first kappa shape index (κ1) is 8.67. The average Bonchev–Trinajstić information content (AvgIpc) is 1.63. The van der Waals surface area contributed by atoms with Crippen molar-refractivity contribution in [1.29, 1.82) is 0 Å². The topological polar surface area (TPSA) is 68.3 Å². The summed E-state index contributed by atoms with van der Waals surface area (Å²) in [7, 11) is -5.20. The van der Waals surface area contributed by atoms with E-state index < -0.39 is 24.9 Å². The maximum atomic E-state index is 9.76. The first-order chi connectivity index (χ1) is 4.04. The van der Waals surface area contributed by atoms with Crippen molar-refractivity contribution < 1.29 is 16.8 Å². The Hall–Kier alpha value is -0.330. The van der Waals surface area contributed by atoms with Gasteiger partial charge < -0.3 is 0 Å². The minimum Gasteiger partial charge on any atom is -0.184 e. The largest absolute Gasteiger partial charge is 0.234 e.